The molecule has 1 aromatic rings. The van der Waals surface area contributed by atoms with Gasteiger partial charge in [-0.1, -0.05) is 0 Å². The molecule has 2 rings (SSSR count). The van der Waals surface area contributed by atoms with Crippen molar-refractivity contribution < 1.29 is 18.1 Å². The van der Waals surface area contributed by atoms with Crippen LogP contribution in [0.1, 0.15) is 33.3 Å². The first-order valence-corrected chi connectivity index (χ1v) is 7.86. The Labute approximate surface area is 139 Å². The summed E-state index contributed by atoms with van der Waals surface area (Å²) in [6.07, 6.45) is 2.06. The fraction of sp³-hybridized carbons (Fsp3) is 0.462. The van der Waals surface area contributed by atoms with Gasteiger partial charge in [0.2, 0.25) is 0 Å². The first-order chi connectivity index (χ1) is 9.55. The minimum atomic E-state index is -1.16. The van der Waals surface area contributed by atoms with Gasteiger partial charge in [0.05, 0.1) is 21.9 Å². The highest BCUT2D eigenvalue weighted by atomic mass is 79.9. The molecule has 1 fully saturated rings. The minimum absolute atomic E-state index is 0.0455. The third-order valence-electron chi connectivity index (χ3n) is 3.73. The van der Waals surface area contributed by atoms with E-state index in [0.29, 0.717) is 9.08 Å². The SMILES string of the molecule is CC1(C)OB(C(F)=Cc2c(F)cnc(Br)c2Br)OC1(C)C. The maximum absolute atomic E-state index is 14.4. The standard InChI is InChI=1S/C13H14BBr2F2NO2/c1-12(2)13(3,4)21-14(20-12)9(18)5-7-8(17)6-19-11(16)10(7)15/h5-6H,1-4H3. The molecule has 21 heavy (non-hydrogen) atoms. The summed E-state index contributed by atoms with van der Waals surface area (Å²) in [6, 6.07) is 0. The van der Waals surface area contributed by atoms with E-state index in [1.807, 2.05) is 27.7 Å². The van der Waals surface area contributed by atoms with Crippen LogP contribution in [-0.2, 0) is 9.31 Å². The Morgan fingerprint density at radius 3 is 2.29 bits per heavy atom. The lowest BCUT2D eigenvalue weighted by Gasteiger charge is -2.32. The van der Waals surface area contributed by atoms with E-state index in [2.05, 4.69) is 36.8 Å². The van der Waals surface area contributed by atoms with Gasteiger partial charge in [0.1, 0.15) is 16.1 Å². The lowest BCUT2D eigenvalue weighted by molar-refractivity contribution is 0.00578. The molecule has 114 valence electrons. The zero-order chi connectivity index (χ0) is 16.0. The van der Waals surface area contributed by atoms with Crippen molar-refractivity contribution in [2.24, 2.45) is 0 Å². The molecule has 0 aliphatic carbocycles. The summed E-state index contributed by atoms with van der Waals surface area (Å²) < 4.78 is 40.0. The molecule has 1 saturated heterocycles. The first-order valence-electron chi connectivity index (χ1n) is 6.27. The van der Waals surface area contributed by atoms with E-state index in [1.54, 1.807) is 0 Å². The fourth-order valence-corrected chi connectivity index (χ4v) is 2.47. The second-order valence-electron chi connectivity index (χ2n) is 5.74. The van der Waals surface area contributed by atoms with Crippen LogP contribution in [0.2, 0.25) is 0 Å². The van der Waals surface area contributed by atoms with Crippen LogP contribution in [0.3, 0.4) is 0 Å². The van der Waals surface area contributed by atoms with Gasteiger partial charge in [-0.05, 0) is 65.6 Å². The molecule has 8 heteroatoms. The van der Waals surface area contributed by atoms with Crippen molar-refractivity contribution in [3.63, 3.8) is 0 Å². The van der Waals surface area contributed by atoms with Gasteiger partial charge in [0.25, 0.3) is 0 Å². The zero-order valence-electron chi connectivity index (χ0n) is 12.0. The van der Waals surface area contributed by atoms with Crippen LogP contribution in [0.25, 0.3) is 6.08 Å². The lowest BCUT2D eigenvalue weighted by atomic mass is 9.87. The first kappa shape index (κ1) is 17.1. The third-order valence-corrected chi connectivity index (χ3v) is 5.66. The Morgan fingerprint density at radius 2 is 1.76 bits per heavy atom. The van der Waals surface area contributed by atoms with Crippen molar-refractivity contribution in [2.45, 2.75) is 38.9 Å². The lowest BCUT2D eigenvalue weighted by Crippen LogP contribution is -2.41. The molecular weight excluding hydrogens is 411 g/mol. The topological polar surface area (TPSA) is 31.4 Å². The van der Waals surface area contributed by atoms with Crippen LogP contribution >= 0.6 is 31.9 Å². The van der Waals surface area contributed by atoms with Crippen molar-refractivity contribution in [2.75, 3.05) is 0 Å². The third kappa shape index (κ3) is 3.23. The number of hydrogen-bond donors (Lipinski definition) is 0. The van der Waals surface area contributed by atoms with Gasteiger partial charge >= 0.3 is 7.12 Å². The molecule has 2 heterocycles. The van der Waals surface area contributed by atoms with Crippen molar-refractivity contribution in [3.05, 3.63) is 32.4 Å². The maximum Gasteiger partial charge on any atom is 0.525 e. The highest BCUT2D eigenvalue weighted by Gasteiger charge is 2.53. The van der Waals surface area contributed by atoms with Gasteiger partial charge in [-0.15, -0.1) is 0 Å². The molecular formula is C13H14BBr2F2NO2. The van der Waals surface area contributed by atoms with E-state index in [1.165, 1.54) is 0 Å². The van der Waals surface area contributed by atoms with Crippen LogP contribution < -0.4 is 0 Å². The van der Waals surface area contributed by atoms with E-state index in [4.69, 9.17) is 9.31 Å². The Bertz CT molecular complexity index is 592. The summed E-state index contributed by atoms with van der Waals surface area (Å²) in [5, 5.41) is 0. The summed E-state index contributed by atoms with van der Waals surface area (Å²) in [5.74, 6) is -0.642. The monoisotopic (exact) mass is 423 g/mol. The molecule has 0 atom stereocenters. The summed E-state index contributed by atoms with van der Waals surface area (Å²) >= 11 is 6.32. The average Bonchev–Trinajstić information content (AvgIpc) is 2.59. The molecule has 1 aromatic heterocycles. The number of hydrogen-bond acceptors (Lipinski definition) is 3. The number of halogens is 4. The Balaban J connectivity index is 2.34. The van der Waals surface area contributed by atoms with Gasteiger partial charge < -0.3 is 9.31 Å². The van der Waals surface area contributed by atoms with Crippen molar-refractivity contribution >= 4 is 45.1 Å². The number of rotatable bonds is 2. The largest absolute Gasteiger partial charge is 0.525 e. The summed E-state index contributed by atoms with van der Waals surface area (Å²) in [4.78, 5) is 3.77. The van der Waals surface area contributed by atoms with Crippen LogP contribution in [0.5, 0.6) is 0 Å². The van der Waals surface area contributed by atoms with E-state index in [0.717, 1.165) is 12.3 Å². The van der Waals surface area contributed by atoms with Crippen LogP contribution in [-0.4, -0.2) is 23.3 Å². The quantitative estimate of drug-likeness (QED) is 0.510. The highest BCUT2D eigenvalue weighted by Crippen LogP contribution is 2.39. The second kappa shape index (κ2) is 5.72. The summed E-state index contributed by atoms with van der Waals surface area (Å²) in [6.45, 7) is 7.28. The van der Waals surface area contributed by atoms with E-state index < -0.39 is 29.9 Å². The number of nitrogens with zero attached hydrogens (tertiary/aromatic N) is 1. The number of aromatic nitrogens is 1. The summed E-state index contributed by atoms with van der Waals surface area (Å²) in [7, 11) is -1.16. The Kier molecular flexibility index (Phi) is 4.64. The van der Waals surface area contributed by atoms with Gasteiger partial charge in [0, 0.05) is 5.56 Å². The molecule has 0 radical (unpaired) electrons. The van der Waals surface area contributed by atoms with Crippen LogP contribution in [0, 0.1) is 5.82 Å². The predicted molar refractivity (Wildman–Crippen MR) is 84.8 cm³/mol. The Morgan fingerprint density at radius 1 is 1.24 bits per heavy atom. The molecule has 0 amide bonds. The van der Waals surface area contributed by atoms with Crippen molar-refractivity contribution in [1.82, 2.24) is 4.98 Å². The molecule has 0 spiro atoms. The van der Waals surface area contributed by atoms with Crippen molar-refractivity contribution in [1.29, 1.82) is 0 Å². The normalized spacial score (nSPS) is 21.0. The molecule has 3 nitrogen and oxygen atoms in total. The highest BCUT2D eigenvalue weighted by molar-refractivity contribution is 9.13. The van der Waals surface area contributed by atoms with Crippen molar-refractivity contribution in [3.8, 4) is 0 Å². The smallest absolute Gasteiger partial charge is 0.398 e. The molecule has 0 N–H and O–H groups in total. The molecule has 0 saturated carbocycles. The van der Waals surface area contributed by atoms with Gasteiger partial charge in [-0.2, -0.15) is 0 Å². The molecule has 0 bridgehead atoms. The molecule has 0 unspecified atom stereocenters. The Hall–Kier alpha value is -0.305. The van der Waals surface area contributed by atoms with E-state index in [-0.39, 0.29) is 5.56 Å². The summed E-state index contributed by atoms with van der Waals surface area (Å²) in [5.41, 5.74) is -1.97. The van der Waals surface area contributed by atoms with Crippen LogP contribution in [0.15, 0.2) is 21.0 Å². The van der Waals surface area contributed by atoms with Gasteiger partial charge in [0.15, 0.2) is 0 Å². The predicted octanol–water partition coefficient (Wildman–Crippen LogP) is 4.69. The zero-order valence-corrected chi connectivity index (χ0v) is 15.2. The van der Waals surface area contributed by atoms with E-state index >= 15 is 0 Å². The molecule has 0 aromatic carbocycles. The maximum atomic E-state index is 14.4. The average molecular weight is 425 g/mol. The second-order valence-corrected chi connectivity index (χ2v) is 7.29. The van der Waals surface area contributed by atoms with Gasteiger partial charge in [-0.25, -0.2) is 13.8 Å². The molecule has 1 aliphatic heterocycles. The van der Waals surface area contributed by atoms with E-state index in [9.17, 15) is 8.78 Å². The van der Waals surface area contributed by atoms with Crippen LogP contribution in [0.4, 0.5) is 8.78 Å². The minimum Gasteiger partial charge on any atom is -0.398 e. The van der Waals surface area contributed by atoms with Gasteiger partial charge in [-0.3, -0.25) is 0 Å². The fourth-order valence-electron chi connectivity index (χ4n) is 1.75. The number of pyridine rings is 1. The molecule has 1 aliphatic rings.